The van der Waals surface area contributed by atoms with Crippen molar-refractivity contribution in [2.45, 2.75) is 12.3 Å². The van der Waals surface area contributed by atoms with E-state index in [1.807, 2.05) is 18.2 Å². The zero-order valence-corrected chi connectivity index (χ0v) is 9.59. The molecule has 1 N–H and O–H groups in total. The second-order valence-electron chi connectivity index (χ2n) is 4.63. The normalized spacial score (nSPS) is 20.1. The predicted octanol–water partition coefficient (Wildman–Crippen LogP) is 1.53. The lowest BCUT2D eigenvalue weighted by Gasteiger charge is -2.29. The number of benzene rings is 1. The standard InChI is InChI=1S/C13H16O4/c14-5-11(3-9-6-15-7-9)10-1-2-12-13(4-10)17-8-16-12/h1-2,4,9,11,14H,3,5-8H2. The van der Waals surface area contributed by atoms with Gasteiger partial charge in [0.25, 0.3) is 0 Å². The number of aliphatic hydroxyl groups excluding tert-OH is 1. The SMILES string of the molecule is OCC(CC1COC1)c1ccc2c(c1)OCO2. The topological polar surface area (TPSA) is 47.9 Å². The molecule has 1 saturated heterocycles. The average molecular weight is 236 g/mol. The van der Waals surface area contributed by atoms with Crippen molar-refractivity contribution in [1.29, 1.82) is 0 Å². The highest BCUT2D eigenvalue weighted by Crippen LogP contribution is 2.36. The minimum Gasteiger partial charge on any atom is -0.454 e. The molecular weight excluding hydrogens is 220 g/mol. The van der Waals surface area contributed by atoms with Gasteiger partial charge in [-0.2, -0.15) is 0 Å². The molecule has 0 amide bonds. The molecule has 0 radical (unpaired) electrons. The van der Waals surface area contributed by atoms with Crippen LogP contribution in [0.15, 0.2) is 18.2 Å². The van der Waals surface area contributed by atoms with Crippen LogP contribution in [0.4, 0.5) is 0 Å². The number of aliphatic hydroxyl groups is 1. The van der Waals surface area contributed by atoms with Crippen LogP contribution in [0, 0.1) is 5.92 Å². The fraction of sp³-hybridized carbons (Fsp3) is 0.538. The molecule has 92 valence electrons. The molecule has 0 bridgehead atoms. The molecule has 0 saturated carbocycles. The molecule has 2 heterocycles. The van der Waals surface area contributed by atoms with Crippen LogP contribution in [0.1, 0.15) is 17.9 Å². The molecule has 1 aromatic rings. The first-order valence-electron chi connectivity index (χ1n) is 5.95. The van der Waals surface area contributed by atoms with E-state index in [0.717, 1.165) is 36.7 Å². The maximum Gasteiger partial charge on any atom is 0.231 e. The van der Waals surface area contributed by atoms with Gasteiger partial charge in [0, 0.05) is 18.4 Å². The predicted molar refractivity (Wildman–Crippen MR) is 61.3 cm³/mol. The Balaban J connectivity index is 1.76. The number of hydrogen-bond donors (Lipinski definition) is 1. The van der Waals surface area contributed by atoms with Gasteiger partial charge in [-0.05, 0) is 24.1 Å². The lowest BCUT2D eigenvalue weighted by Crippen LogP contribution is -2.29. The Morgan fingerprint density at radius 2 is 2.06 bits per heavy atom. The highest BCUT2D eigenvalue weighted by molar-refractivity contribution is 5.45. The third-order valence-electron chi connectivity index (χ3n) is 3.41. The summed E-state index contributed by atoms with van der Waals surface area (Å²) in [4.78, 5) is 0. The third kappa shape index (κ3) is 2.10. The van der Waals surface area contributed by atoms with E-state index in [1.165, 1.54) is 0 Å². The molecule has 0 aliphatic carbocycles. The third-order valence-corrected chi connectivity index (χ3v) is 3.41. The van der Waals surface area contributed by atoms with E-state index in [1.54, 1.807) is 0 Å². The summed E-state index contributed by atoms with van der Waals surface area (Å²) in [7, 11) is 0. The van der Waals surface area contributed by atoms with Gasteiger partial charge < -0.3 is 19.3 Å². The van der Waals surface area contributed by atoms with Crippen LogP contribution < -0.4 is 9.47 Å². The van der Waals surface area contributed by atoms with E-state index in [0.29, 0.717) is 12.7 Å². The highest BCUT2D eigenvalue weighted by atomic mass is 16.7. The Bertz CT molecular complexity index is 400. The molecule has 17 heavy (non-hydrogen) atoms. The van der Waals surface area contributed by atoms with Gasteiger partial charge >= 0.3 is 0 Å². The molecule has 3 rings (SSSR count). The van der Waals surface area contributed by atoms with Gasteiger partial charge in [-0.25, -0.2) is 0 Å². The Hall–Kier alpha value is -1.26. The van der Waals surface area contributed by atoms with Gasteiger partial charge in [-0.1, -0.05) is 6.07 Å². The quantitative estimate of drug-likeness (QED) is 0.861. The van der Waals surface area contributed by atoms with Gasteiger partial charge in [0.2, 0.25) is 6.79 Å². The summed E-state index contributed by atoms with van der Waals surface area (Å²) < 4.78 is 15.8. The first kappa shape index (κ1) is 10.9. The molecule has 0 aromatic heterocycles. The minimum atomic E-state index is 0.163. The van der Waals surface area contributed by atoms with Gasteiger partial charge in [0.05, 0.1) is 13.2 Å². The van der Waals surface area contributed by atoms with Gasteiger partial charge in [-0.15, -0.1) is 0 Å². The largest absolute Gasteiger partial charge is 0.454 e. The van der Waals surface area contributed by atoms with Crippen LogP contribution >= 0.6 is 0 Å². The smallest absolute Gasteiger partial charge is 0.231 e. The van der Waals surface area contributed by atoms with Crippen molar-refractivity contribution in [3.63, 3.8) is 0 Å². The van der Waals surface area contributed by atoms with E-state index in [4.69, 9.17) is 14.2 Å². The second-order valence-corrected chi connectivity index (χ2v) is 4.63. The van der Waals surface area contributed by atoms with Crippen LogP contribution in [0.2, 0.25) is 0 Å². The van der Waals surface area contributed by atoms with E-state index in [2.05, 4.69) is 0 Å². The van der Waals surface area contributed by atoms with E-state index in [9.17, 15) is 5.11 Å². The maximum atomic E-state index is 9.48. The fourth-order valence-corrected chi connectivity index (χ4v) is 2.31. The number of hydrogen-bond acceptors (Lipinski definition) is 4. The van der Waals surface area contributed by atoms with Crippen LogP contribution in [0.25, 0.3) is 0 Å². The molecule has 4 nitrogen and oxygen atoms in total. The van der Waals surface area contributed by atoms with Crippen LogP contribution in [-0.4, -0.2) is 31.7 Å². The molecule has 1 fully saturated rings. The lowest BCUT2D eigenvalue weighted by molar-refractivity contribution is -0.0405. The molecule has 1 aromatic carbocycles. The van der Waals surface area contributed by atoms with Gasteiger partial charge in [-0.3, -0.25) is 0 Å². The van der Waals surface area contributed by atoms with Crippen molar-refractivity contribution in [2.24, 2.45) is 5.92 Å². The van der Waals surface area contributed by atoms with Crippen molar-refractivity contribution in [3.05, 3.63) is 23.8 Å². The molecule has 0 spiro atoms. The molecule has 4 heteroatoms. The van der Waals surface area contributed by atoms with Crippen molar-refractivity contribution in [2.75, 3.05) is 26.6 Å². The highest BCUT2D eigenvalue weighted by Gasteiger charge is 2.25. The Morgan fingerprint density at radius 3 is 2.76 bits per heavy atom. The number of rotatable bonds is 4. The van der Waals surface area contributed by atoms with E-state index in [-0.39, 0.29) is 12.5 Å². The van der Waals surface area contributed by atoms with Crippen LogP contribution in [0.3, 0.4) is 0 Å². The van der Waals surface area contributed by atoms with E-state index < -0.39 is 0 Å². The first-order valence-corrected chi connectivity index (χ1v) is 5.95. The van der Waals surface area contributed by atoms with Crippen molar-refractivity contribution < 1.29 is 19.3 Å². The molecule has 2 aliphatic rings. The van der Waals surface area contributed by atoms with Crippen LogP contribution in [0.5, 0.6) is 11.5 Å². The van der Waals surface area contributed by atoms with Gasteiger partial charge in [0.15, 0.2) is 11.5 Å². The molecule has 2 aliphatic heterocycles. The zero-order valence-electron chi connectivity index (χ0n) is 9.59. The van der Waals surface area contributed by atoms with Crippen molar-refractivity contribution >= 4 is 0 Å². The van der Waals surface area contributed by atoms with Crippen molar-refractivity contribution in [3.8, 4) is 11.5 Å². The lowest BCUT2D eigenvalue weighted by atomic mass is 9.88. The summed E-state index contributed by atoms with van der Waals surface area (Å²) >= 11 is 0. The minimum absolute atomic E-state index is 0.163. The summed E-state index contributed by atoms with van der Waals surface area (Å²) in [5.41, 5.74) is 1.11. The Labute approximate surface area is 100 Å². The van der Waals surface area contributed by atoms with Crippen LogP contribution in [-0.2, 0) is 4.74 Å². The van der Waals surface area contributed by atoms with E-state index >= 15 is 0 Å². The number of fused-ring (bicyclic) bond motifs is 1. The average Bonchev–Trinajstić information content (AvgIpc) is 2.75. The fourth-order valence-electron chi connectivity index (χ4n) is 2.31. The summed E-state index contributed by atoms with van der Waals surface area (Å²) in [6, 6.07) is 5.90. The zero-order chi connectivity index (χ0) is 11.7. The summed E-state index contributed by atoms with van der Waals surface area (Å²) in [5.74, 6) is 2.32. The molecule has 1 unspecified atom stereocenters. The summed E-state index contributed by atoms with van der Waals surface area (Å²) in [5, 5.41) is 9.48. The molecule has 1 atom stereocenters. The van der Waals surface area contributed by atoms with Gasteiger partial charge in [0.1, 0.15) is 0 Å². The summed E-state index contributed by atoms with van der Waals surface area (Å²) in [6.07, 6.45) is 0.968. The summed E-state index contributed by atoms with van der Waals surface area (Å²) in [6.45, 7) is 2.09. The Kier molecular flexibility index (Phi) is 2.91. The number of ether oxygens (including phenoxy) is 3. The Morgan fingerprint density at radius 1 is 1.24 bits per heavy atom. The molecular formula is C13H16O4. The monoisotopic (exact) mass is 236 g/mol. The van der Waals surface area contributed by atoms with Crippen molar-refractivity contribution in [1.82, 2.24) is 0 Å². The second kappa shape index (κ2) is 4.55. The maximum absolute atomic E-state index is 9.48. The first-order chi connectivity index (χ1) is 8.36.